The SMILES string of the molecule is COCCn1cccc1[C@@H]1[C@@H](c2ccccn2)NC(=S)N1CCC(=O)Nc1cccc(C)c1. The molecule has 1 saturated heterocycles. The Labute approximate surface area is 199 Å². The van der Waals surface area contributed by atoms with Crippen LogP contribution in [0.5, 0.6) is 0 Å². The van der Waals surface area contributed by atoms with Crippen LogP contribution < -0.4 is 10.6 Å². The van der Waals surface area contributed by atoms with Crippen LogP contribution >= 0.6 is 12.2 Å². The number of aryl methyl sites for hydroxylation is 1. The van der Waals surface area contributed by atoms with E-state index in [9.17, 15) is 4.79 Å². The number of methoxy groups -OCH3 is 1. The van der Waals surface area contributed by atoms with Gasteiger partial charge in [-0.2, -0.15) is 0 Å². The Balaban J connectivity index is 1.55. The van der Waals surface area contributed by atoms with Gasteiger partial charge in [-0.05, 0) is 61.1 Å². The van der Waals surface area contributed by atoms with Crippen LogP contribution in [0.25, 0.3) is 0 Å². The maximum atomic E-state index is 12.7. The molecular weight excluding hydrogens is 434 g/mol. The molecule has 1 aromatic carbocycles. The average molecular weight is 464 g/mol. The lowest BCUT2D eigenvalue weighted by molar-refractivity contribution is -0.116. The first-order valence-corrected chi connectivity index (χ1v) is 11.5. The van der Waals surface area contributed by atoms with Gasteiger partial charge in [0.05, 0.1) is 24.4 Å². The van der Waals surface area contributed by atoms with Crippen LogP contribution in [0.15, 0.2) is 67.0 Å². The van der Waals surface area contributed by atoms with E-state index in [-0.39, 0.29) is 18.0 Å². The minimum atomic E-state index is -0.116. The summed E-state index contributed by atoms with van der Waals surface area (Å²) in [4.78, 5) is 19.4. The van der Waals surface area contributed by atoms with Crippen molar-refractivity contribution in [2.75, 3.05) is 25.6 Å². The molecule has 1 aliphatic heterocycles. The summed E-state index contributed by atoms with van der Waals surface area (Å²) in [6.45, 7) is 3.84. The van der Waals surface area contributed by atoms with E-state index in [2.05, 4.69) is 31.2 Å². The van der Waals surface area contributed by atoms with E-state index < -0.39 is 0 Å². The Morgan fingerprint density at radius 2 is 2.06 bits per heavy atom. The first kappa shape index (κ1) is 22.9. The van der Waals surface area contributed by atoms with E-state index in [1.54, 1.807) is 13.3 Å². The molecule has 2 N–H and O–H groups in total. The van der Waals surface area contributed by atoms with Crippen molar-refractivity contribution in [2.45, 2.75) is 32.0 Å². The number of carbonyl (C=O) groups excluding carboxylic acids is 1. The van der Waals surface area contributed by atoms with Gasteiger partial charge >= 0.3 is 0 Å². The molecule has 0 saturated carbocycles. The van der Waals surface area contributed by atoms with Crippen molar-refractivity contribution in [1.29, 1.82) is 0 Å². The summed E-state index contributed by atoms with van der Waals surface area (Å²) in [6.07, 6.45) is 4.16. The van der Waals surface area contributed by atoms with Gasteiger partial charge in [0.25, 0.3) is 0 Å². The largest absolute Gasteiger partial charge is 0.383 e. The summed E-state index contributed by atoms with van der Waals surface area (Å²) in [5, 5.41) is 7.05. The molecule has 3 aromatic rings. The third-order valence-electron chi connectivity index (χ3n) is 5.78. The van der Waals surface area contributed by atoms with Crippen LogP contribution in [0.2, 0.25) is 0 Å². The number of ether oxygens (including phenoxy) is 1. The van der Waals surface area contributed by atoms with Gasteiger partial charge in [-0.1, -0.05) is 18.2 Å². The molecule has 2 aromatic heterocycles. The molecule has 33 heavy (non-hydrogen) atoms. The zero-order chi connectivity index (χ0) is 23.2. The third kappa shape index (κ3) is 5.40. The van der Waals surface area contributed by atoms with Gasteiger partial charge in [0, 0.05) is 50.4 Å². The number of benzene rings is 1. The molecule has 0 aliphatic carbocycles. The molecule has 1 amide bonds. The van der Waals surface area contributed by atoms with Crippen LogP contribution in [0, 0.1) is 6.92 Å². The number of nitrogens with zero attached hydrogens (tertiary/aromatic N) is 3. The topological polar surface area (TPSA) is 71.4 Å². The lowest BCUT2D eigenvalue weighted by Crippen LogP contribution is -2.33. The molecule has 8 heteroatoms. The molecule has 3 heterocycles. The maximum absolute atomic E-state index is 12.7. The lowest BCUT2D eigenvalue weighted by atomic mass is 10.0. The van der Waals surface area contributed by atoms with Crippen LogP contribution in [-0.4, -0.2) is 45.7 Å². The van der Waals surface area contributed by atoms with Crippen molar-refractivity contribution in [3.63, 3.8) is 0 Å². The Morgan fingerprint density at radius 1 is 1.18 bits per heavy atom. The summed E-state index contributed by atoms with van der Waals surface area (Å²) in [6, 6.07) is 17.6. The third-order valence-corrected chi connectivity index (χ3v) is 6.14. The molecule has 2 atom stereocenters. The van der Waals surface area contributed by atoms with E-state index in [0.717, 1.165) is 29.2 Å². The van der Waals surface area contributed by atoms with E-state index >= 15 is 0 Å². The van der Waals surface area contributed by atoms with Gasteiger partial charge in [0.1, 0.15) is 0 Å². The molecule has 172 valence electrons. The Morgan fingerprint density at radius 3 is 2.82 bits per heavy atom. The smallest absolute Gasteiger partial charge is 0.226 e. The van der Waals surface area contributed by atoms with Crippen molar-refractivity contribution < 1.29 is 9.53 Å². The van der Waals surface area contributed by atoms with E-state index in [1.807, 2.05) is 61.7 Å². The Hall–Kier alpha value is -3.23. The van der Waals surface area contributed by atoms with E-state index in [4.69, 9.17) is 17.0 Å². The zero-order valence-corrected chi connectivity index (χ0v) is 19.7. The van der Waals surface area contributed by atoms with Crippen molar-refractivity contribution in [2.24, 2.45) is 0 Å². The van der Waals surface area contributed by atoms with Crippen LogP contribution in [0.1, 0.15) is 35.5 Å². The zero-order valence-electron chi connectivity index (χ0n) is 18.9. The predicted octanol–water partition coefficient (Wildman–Crippen LogP) is 3.84. The minimum Gasteiger partial charge on any atom is -0.383 e. The maximum Gasteiger partial charge on any atom is 0.226 e. The molecule has 0 spiro atoms. The summed E-state index contributed by atoms with van der Waals surface area (Å²) in [5.74, 6) is -0.0433. The highest BCUT2D eigenvalue weighted by Crippen LogP contribution is 2.38. The second-order valence-electron chi connectivity index (χ2n) is 8.11. The molecule has 0 radical (unpaired) electrons. The number of nitrogens with one attached hydrogen (secondary N) is 2. The van der Waals surface area contributed by atoms with E-state index in [1.165, 1.54) is 0 Å². The summed E-state index contributed by atoms with van der Waals surface area (Å²) in [7, 11) is 1.70. The second kappa shape index (κ2) is 10.6. The fourth-order valence-corrected chi connectivity index (χ4v) is 4.56. The first-order chi connectivity index (χ1) is 16.1. The normalized spacial score (nSPS) is 17.8. The molecule has 4 rings (SSSR count). The second-order valence-corrected chi connectivity index (χ2v) is 8.49. The molecule has 0 bridgehead atoms. The number of aromatic nitrogens is 2. The van der Waals surface area contributed by atoms with Crippen LogP contribution in [0.3, 0.4) is 0 Å². The monoisotopic (exact) mass is 463 g/mol. The number of rotatable bonds is 9. The summed E-state index contributed by atoms with van der Waals surface area (Å²) in [5.41, 5.74) is 3.93. The quantitative estimate of drug-likeness (QED) is 0.470. The molecule has 1 aliphatic rings. The molecular formula is C25H29N5O2S. The number of hydrogen-bond acceptors (Lipinski definition) is 4. The van der Waals surface area contributed by atoms with Gasteiger partial charge in [-0.3, -0.25) is 9.78 Å². The minimum absolute atomic E-state index is 0.0433. The molecule has 0 unspecified atom stereocenters. The van der Waals surface area contributed by atoms with Crippen molar-refractivity contribution in [3.05, 3.63) is 83.9 Å². The average Bonchev–Trinajstić information content (AvgIpc) is 3.40. The van der Waals surface area contributed by atoms with Crippen molar-refractivity contribution >= 4 is 28.9 Å². The number of anilines is 1. The number of amides is 1. The first-order valence-electron chi connectivity index (χ1n) is 11.1. The number of hydrogen-bond donors (Lipinski definition) is 2. The lowest BCUT2D eigenvalue weighted by Gasteiger charge is -2.28. The fraction of sp³-hybridized carbons (Fsp3) is 0.320. The Bertz CT molecular complexity index is 1100. The standard InChI is InChI=1S/C25H29N5O2S/c1-18-7-5-8-19(17-18)27-22(31)11-14-30-24(21-10-6-13-29(21)15-16-32-2)23(28-25(30)33)20-9-3-4-12-26-20/h3-10,12-13,17,23-24H,11,14-16H2,1-2H3,(H,27,31)(H,28,33)/t23-,24-/m1/s1. The highest BCUT2D eigenvalue weighted by Gasteiger charge is 2.41. The number of pyridine rings is 1. The highest BCUT2D eigenvalue weighted by molar-refractivity contribution is 7.80. The predicted molar refractivity (Wildman–Crippen MR) is 133 cm³/mol. The van der Waals surface area contributed by atoms with Crippen molar-refractivity contribution in [1.82, 2.24) is 19.8 Å². The molecule has 1 fully saturated rings. The highest BCUT2D eigenvalue weighted by atomic mass is 32.1. The van der Waals surface area contributed by atoms with Gasteiger partial charge in [0.2, 0.25) is 5.91 Å². The van der Waals surface area contributed by atoms with Crippen LogP contribution in [0.4, 0.5) is 5.69 Å². The van der Waals surface area contributed by atoms with Crippen molar-refractivity contribution in [3.8, 4) is 0 Å². The van der Waals surface area contributed by atoms with Gasteiger partial charge in [-0.25, -0.2) is 0 Å². The molecule has 7 nitrogen and oxygen atoms in total. The van der Waals surface area contributed by atoms with Crippen LogP contribution in [-0.2, 0) is 16.1 Å². The number of carbonyl (C=O) groups is 1. The summed E-state index contributed by atoms with van der Waals surface area (Å²) < 4.78 is 7.48. The number of thiocarbonyl (C=S) groups is 1. The van der Waals surface area contributed by atoms with E-state index in [0.29, 0.717) is 24.7 Å². The van der Waals surface area contributed by atoms with Gasteiger partial charge in [0.15, 0.2) is 5.11 Å². The van der Waals surface area contributed by atoms with Gasteiger partial charge < -0.3 is 24.8 Å². The Kier molecular flexibility index (Phi) is 7.36. The van der Waals surface area contributed by atoms with Gasteiger partial charge in [-0.15, -0.1) is 0 Å². The summed E-state index contributed by atoms with van der Waals surface area (Å²) >= 11 is 5.72. The fourth-order valence-electron chi connectivity index (χ4n) is 4.23.